The molecule has 1 spiro atoms. The molecule has 13 rings (SSSR count). The Hall–Kier alpha value is -2.42. The number of ether oxygens (including phenoxy) is 3. The molecule has 11 aliphatic rings. The highest BCUT2D eigenvalue weighted by Gasteiger charge is 2.59. The molecule has 8 aliphatic carbocycles. The monoisotopic (exact) mass is 1200 g/mol. The number of sulfone groups is 2. The molecular weight excluding hydrogens is 1090 g/mol. The van der Waals surface area contributed by atoms with Gasteiger partial charge in [0.1, 0.15) is 0 Å². The van der Waals surface area contributed by atoms with Crippen LogP contribution in [0, 0.1) is 81.8 Å². The van der Waals surface area contributed by atoms with Gasteiger partial charge in [-0.3, -0.25) is 0 Å². The summed E-state index contributed by atoms with van der Waals surface area (Å²) in [5, 5.41) is 32.8. The lowest BCUT2D eigenvalue weighted by Crippen LogP contribution is -2.48. The first kappa shape index (κ1) is 63.2. The minimum absolute atomic E-state index is 0.237. The van der Waals surface area contributed by atoms with Crippen molar-refractivity contribution in [2.45, 2.75) is 240 Å². The summed E-state index contributed by atoms with van der Waals surface area (Å²) in [5.41, 5.74) is 2.04. The normalized spacial score (nSPS) is 39.2. The van der Waals surface area contributed by atoms with Crippen molar-refractivity contribution in [2.24, 2.45) is 81.8 Å². The molecule has 468 valence electrons. The third-order valence-electron chi connectivity index (χ3n) is 26.1. The van der Waals surface area contributed by atoms with E-state index in [1.165, 1.54) is 57.8 Å². The maximum atomic E-state index is 14.1. The van der Waals surface area contributed by atoms with Crippen LogP contribution in [0.5, 0.6) is 0 Å². The zero-order chi connectivity index (χ0) is 59.3. The lowest BCUT2D eigenvalue weighted by molar-refractivity contribution is -0.0700. The fraction of sp³-hybridized carbons (Fsp3) is 0.778. The highest BCUT2D eigenvalue weighted by molar-refractivity contribution is 7.92. The highest BCUT2D eigenvalue weighted by atomic mass is 32.2. The van der Waals surface area contributed by atoms with E-state index in [0.29, 0.717) is 94.7 Å². The number of aliphatic hydroxyl groups is 3. The van der Waals surface area contributed by atoms with Crippen LogP contribution in [0.2, 0.25) is 0 Å². The Morgan fingerprint density at radius 1 is 0.548 bits per heavy atom. The molecule has 2 aromatic carbocycles. The molecule has 6 saturated carbocycles. The van der Waals surface area contributed by atoms with Crippen molar-refractivity contribution in [3.63, 3.8) is 0 Å². The van der Waals surface area contributed by atoms with E-state index in [-0.39, 0.29) is 23.5 Å². The lowest BCUT2D eigenvalue weighted by Gasteiger charge is -2.55. The zero-order valence-corrected chi connectivity index (χ0v) is 54.0. The Kier molecular flexibility index (Phi) is 18.9. The Morgan fingerprint density at radius 2 is 1.01 bits per heavy atom. The van der Waals surface area contributed by atoms with Gasteiger partial charge < -0.3 is 29.5 Å². The largest absolute Gasteiger partial charge is 0.390 e. The first-order chi connectivity index (χ1) is 40.1. The Labute approximate surface area is 507 Å². The summed E-state index contributed by atoms with van der Waals surface area (Å²) in [4.78, 5) is 0.839. The fourth-order valence-corrected chi connectivity index (χ4v) is 24.3. The van der Waals surface area contributed by atoms with Crippen LogP contribution in [0.4, 0.5) is 0 Å². The SMILES string of the molecule is C1CC2(CCO1)CO2.CC[C@]1(O)CC[C@H]2C(=CC[C@@H]3[C@@H]2CC[C@]2(C)[C@@H]([C@H](C)CC(CC4(O)CCOCC4)S(=O)(=O)c4ccccc4)CC[C@@H]32)C1.CC[C@]1(O)CC[C@H]2C(=CC[C@@H]3[C@@H]2CC[C@]2(C)[C@@H]([C@H](C)CCS(=O)(=O)c4ccccc4)CC[C@@H]32)C1. The fourth-order valence-electron chi connectivity index (χ4n) is 20.8. The van der Waals surface area contributed by atoms with Gasteiger partial charge in [-0.1, -0.05) is 101 Å². The highest BCUT2D eigenvalue weighted by Crippen LogP contribution is 2.67. The topological polar surface area (TPSA) is 160 Å². The van der Waals surface area contributed by atoms with Gasteiger partial charge in [-0.15, -0.1) is 0 Å². The van der Waals surface area contributed by atoms with E-state index in [0.717, 1.165) is 121 Å². The molecule has 3 aliphatic heterocycles. The maximum absolute atomic E-state index is 14.1. The molecule has 0 radical (unpaired) electrons. The predicted molar refractivity (Wildman–Crippen MR) is 333 cm³/mol. The van der Waals surface area contributed by atoms with Crippen LogP contribution < -0.4 is 0 Å². The van der Waals surface area contributed by atoms with Crippen molar-refractivity contribution >= 4 is 19.7 Å². The van der Waals surface area contributed by atoms with Crippen LogP contribution in [-0.2, 0) is 33.9 Å². The Bertz CT molecular complexity index is 2840. The van der Waals surface area contributed by atoms with Crippen molar-refractivity contribution in [1.29, 1.82) is 0 Å². The summed E-state index contributed by atoms with van der Waals surface area (Å²) in [6.07, 6.45) is 30.1. The molecule has 2 aromatic rings. The molecule has 0 amide bonds. The smallest absolute Gasteiger partial charge is 0.181 e. The van der Waals surface area contributed by atoms with E-state index in [2.05, 4.69) is 53.7 Å². The molecule has 3 saturated heterocycles. The molecule has 17 atom stereocenters. The molecule has 12 heteroatoms. The van der Waals surface area contributed by atoms with Gasteiger partial charge >= 0.3 is 0 Å². The average molecular weight is 1200 g/mol. The van der Waals surface area contributed by atoms with Crippen LogP contribution in [0.15, 0.2) is 93.8 Å². The zero-order valence-electron chi connectivity index (χ0n) is 52.4. The van der Waals surface area contributed by atoms with E-state index in [1.54, 1.807) is 47.5 Å². The Balaban J connectivity index is 0.000000156. The average Bonchev–Trinajstić information content (AvgIpc) is 1.72. The van der Waals surface area contributed by atoms with E-state index < -0.39 is 41.7 Å². The van der Waals surface area contributed by atoms with Gasteiger partial charge in [0.15, 0.2) is 19.7 Å². The van der Waals surface area contributed by atoms with Gasteiger partial charge in [0.2, 0.25) is 0 Å². The van der Waals surface area contributed by atoms with Crippen molar-refractivity contribution in [1.82, 2.24) is 0 Å². The van der Waals surface area contributed by atoms with Gasteiger partial charge in [0.25, 0.3) is 0 Å². The summed E-state index contributed by atoms with van der Waals surface area (Å²) in [6, 6.07) is 17.9. The molecule has 3 N–H and O–H groups in total. The van der Waals surface area contributed by atoms with Crippen LogP contribution >= 0.6 is 0 Å². The number of epoxide rings is 1. The molecular formula is C72H108O10S2. The molecule has 3 heterocycles. The molecule has 10 nitrogen and oxygen atoms in total. The standard InChI is InChI=1S/C36H54O5S.C30H44O3S.C6H10O2/c1-4-35(37)17-15-29-26(23-35)10-11-31-30(29)14-16-34(3)32(12-13-33(31)34)25(2)22-28(24-36(38)18-20-41-21-19-36)42(39,40)27-8-6-5-7-9-27;1-4-30(31)18-15-24-22(20-30)10-11-26-25(24)14-17-29(3)27(12-13-28(26)29)21(2)16-19-34(32,33)23-8-6-5-7-9-23;1-3-7-4-2-6(1)5-8-6/h5-10,25,28-33,37-38H,4,11-24H2,1-3H3;5-10,21,24-28,31H,4,11-20H2,1-3H3;1-5H2/t25-,28?,29+,30-,31-,32-,33+,34-,35+;21-,24+,25-,26-,27-,28+,29-,30+;/m11./s1. The second kappa shape index (κ2) is 25.1. The molecule has 0 bridgehead atoms. The number of rotatable bonds is 14. The van der Waals surface area contributed by atoms with Crippen molar-refractivity contribution in [3.05, 3.63) is 84.0 Å². The maximum Gasteiger partial charge on any atom is 0.181 e. The number of benzene rings is 2. The van der Waals surface area contributed by atoms with Gasteiger partial charge in [-0.05, 0) is 254 Å². The first-order valence-electron chi connectivity index (χ1n) is 34.0. The van der Waals surface area contributed by atoms with Crippen molar-refractivity contribution in [2.75, 3.05) is 38.8 Å². The van der Waals surface area contributed by atoms with Gasteiger partial charge in [-0.25, -0.2) is 16.8 Å². The van der Waals surface area contributed by atoms with Crippen LogP contribution in [-0.4, -0.2) is 98.6 Å². The van der Waals surface area contributed by atoms with E-state index in [9.17, 15) is 32.2 Å². The number of hydrogen-bond acceptors (Lipinski definition) is 10. The summed E-state index contributed by atoms with van der Waals surface area (Å²) in [6.45, 7) is 17.7. The van der Waals surface area contributed by atoms with Crippen molar-refractivity contribution in [3.8, 4) is 0 Å². The number of allylic oxidation sites excluding steroid dienone is 2. The third-order valence-corrected chi connectivity index (χ3v) is 30.0. The molecule has 84 heavy (non-hydrogen) atoms. The number of hydrogen-bond donors (Lipinski definition) is 3. The van der Waals surface area contributed by atoms with E-state index in [1.807, 2.05) is 24.3 Å². The Morgan fingerprint density at radius 3 is 1.48 bits per heavy atom. The lowest BCUT2D eigenvalue weighted by atomic mass is 9.50. The van der Waals surface area contributed by atoms with Gasteiger partial charge in [-0.2, -0.15) is 0 Å². The van der Waals surface area contributed by atoms with E-state index in [4.69, 9.17) is 14.2 Å². The summed E-state index contributed by atoms with van der Waals surface area (Å²) >= 11 is 0. The molecule has 9 fully saturated rings. The van der Waals surface area contributed by atoms with Crippen LogP contribution in [0.1, 0.15) is 202 Å². The number of fused-ring (bicyclic) bond motifs is 10. The minimum Gasteiger partial charge on any atom is -0.390 e. The van der Waals surface area contributed by atoms with Crippen molar-refractivity contribution < 1.29 is 46.4 Å². The predicted octanol–water partition coefficient (Wildman–Crippen LogP) is 14.5. The van der Waals surface area contributed by atoms with Gasteiger partial charge in [0.05, 0.1) is 49.8 Å². The molecule has 1 unspecified atom stereocenters. The van der Waals surface area contributed by atoms with Gasteiger partial charge in [0, 0.05) is 39.3 Å². The second-order valence-corrected chi connectivity index (χ2v) is 34.7. The summed E-state index contributed by atoms with van der Waals surface area (Å²) in [7, 11) is -6.79. The first-order valence-corrected chi connectivity index (χ1v) is 37.2. The van der Waals surface area contributed by atoms with Crippen LogP contribution in [0.25, 0.3) is 0 Å². The summed E-state index contributed by atoms with van der Waals surface area (Å²) in [5.74, 6) is 7.96. The summed E-state index contributed by atoms with van der Waals surface area (Å²) < 4.78 is 69.9. The molecule has 0 aromatic heterocycles. The third kappa shape index (κ3) is 12.8. The van der Waals surface area contributed by atoms with E-state index >= 15 is 0 Å². The quantitative estimate of drug-likeness (QED) is 0.123. The van der Waals surface area contributed by atoms with Crippen LogP contribution in [0.3, 0.4) is 0 Å². The second-order valence-electron chi connectivity index (χ2n) is 30.4. The minimum atomic E-state index is -3.59.